The lowest BCUT2D eigenvalue weighted by atomic mass is 10.1. The summed E-state index contributed by atoms with van der Waals surface area (Å²) in [5.74, 6) is 0.523. The van der Waals surface area contributed by atoms with Crippen LogP contribution in [-0.4, -0.2) is 34.2 Å². The van der Waals surface area contributed by atoms with Gasteiger partial charge in [0.25, 0.3) is 0 Å². The highest BCUT2D eigenvalue weighted by Gasteiger charge is 2.18. The Labute approximate surface area is 176 Å². The van der Waals surface area contributed by atoms with Gasteiger partial charge in [0.2, 0.25) is 11.0 Å². The first kappa shape index (κ1) is 20.8. The molecule has 0 fully saturated rings. The largest absolute Gasteiger partial charge is 0.497 e. The van der Waals surface area contributed by atoms with Gasteiger partial charge < -0.3 is 15.4 Å². The van der Waals surface area contributed by atoms with Gasteiger partial charge in [0.1, 0.15) is 5.75 Å². The molecule has 0 aliphatic rings. The van der Waals surface area contributed by atoms with E-state index in [1.54, 1.807) is 38.3 Å². The Hall–Kier alpha value is -2.91. The molecule has 150 valence electrons. The highest BCUT2D eigenvalue weighted by molar-refractivity contribution is 8.02. The van der Waals surface area contributed by atoms with Crippen molar-refractivity contribution in [1.82, 2.24) is 10.2 Å². The maximum absolute atomic E-state index is 12.5. The van der Waals surface area contributed by atoms with Crippen LogP contribution in [0.25, 0.3) is 0 Å². The fourth-order valence-electron chi connectivity index (χ4n) is 2.40. The molecule has 1 aromatic heterocycles. The number of rotatable bonds is 8. The zero-order valence-corrected chi connectivity index (χ0v) is 17.8. The maximum atomic E-state index is 12.5. The van der Waals surface area contributed by atoms with Gasteiger partial charge in [0, 0.05) is 23.0 Å². The standard InChI is InChI=1S/C20H20N4O3S2/c1-12(25)14-6-4-7-15(10-14)21-18(26)13(2)28-20-24-23-19(29-20)22-16-8-5-9-17(11-16)27-3/h4-11,13H,1-3H3,(H,21,26)(H,22,23)/t13-/m0/s1. The predicted octanol–water partition coefficient (Wildman–Crippen LogP) is 4.61. The number of thioether (sulfide) groups is 1. The smallest absolute Gasteiger partial charge is 0.237 e. The van der Waals surface area contributed by atoms with E-state index in [1.807, 2.05) is 24.3 Å². The van der Waals surface area contributed by atoms with Crippen LogP contribution in [-0.2, 0) is 4.79 Å². The number of carbonyl (C=O) groups excluding carboxylic acids is 2. The molecule has 0 saturated carbocycles. The van der Waals surface area contributed by atoms with Crippen molar-refractivity contribution < 1.29 is 14.3 Å². The monoisotopic (exact) mass is 428 g/mol. The molecular formula is C20H20N4O3S2. The van der Waals surface area contributed by atoms with Gasteiger partial charge in [-0.2, -0.15) is 0 Å². The first-order valence-electron chi connectivity index (χ1n) is 8.77. The Balaban J connectivity index is 1.59. The molecule has 2 N–H and O–H groups in total. The van der Waals surface area contributed by atoms with Crippen LogP contribution in [0.15, 0.2) is 52.9 Å². The number of aromatic nitrogens is 2. The number of ether oxygens (including phenoxy) is 1. The van der Waals surface area contributed by atoms with Gasteiger partial charge in [-0.25, -0.2) is 0 Å². The lowest BCUT2D eigenvalue weighted by Crippen LogP contribution is -2.22. The van der Waals surface area contributed by atoms with E-state index < -0.39 is 0 Å². The molecule has 9 heteroatoms. The molecule has 2 aromatic carbocycles. The van der Waals surface area contributed by atoms with Gasteiger partial charge >= 0.3 is 0 Å². The topological polar surface area (TPSA) is 93.2 Å². The molecule has 3 aromatic rings. The summed E-state index contributed by atoms with van der Waals surface area (Å²) in [7, 11) is 1.61. The second kappa shape index (κ2) is 9.53. The molecule has 0 unspecified atom stereocenters. The van der Waals surface area contributed by atoms with Gasteiger partial charge in [-0.1, -0.05) is 41.3 Å². The lowest BCUT2D eigenvalue weighted by molar-refractivity contribution is -0.115. The third kappa shape index (κ3) is 5.78. The Morgan fingerprint density at radius 3 is 2.62 bits per heavy atom. The summed E-state index contributed by atoms with van der Waals surface area (Å²) >= 11 is 2.69. The number of Topliss-reactive ketones (excluding diaryl/α,β-unsaturated/α-hetero) is 1. The minimum absolute atomic E-state index is 0.0477. The van der Waals surface area contributed by atoms with Crippen LogP contribution in [0.2, 0.25) is 0 Å². The van der Waals surface area contributed by atoms with E-state index in [2.05, 4.69) is 20.8 Å². The van der Waals surface area contributed by atoms with Crippen LogP contribution in [0.5, 0.6) is 5.75 Å². The minimum Gasteiger partial charge on any atom is -0.497 e. The summed E-state index contributed by atoms with van der Waals surface area (Å²) in [6, 6.07) is 14.4. The Bertz CT molecular complexity index is 1020. The van der Waals surface area contributed by atoms with Crippen molar-refractivity contribution in [3.63, 3.8) is 0 Å². The van der Waals surface area contributed by atoms with Crippen LogP contribution in [0.4, 0.5) is 16.5 Å². The molecule has 0 aliphatic heterocycles. The van der Waals surface area contributed by atoms with Crippen LogP contribution >= 0.6 is 23.1 Å². The van der Waals surface area contributed by atoms with E-state index in [-0.39, 0.29) is 16.9 Å². The lowest BCUT2D eigenvalue weighted by Gasteiger charge is -2.10. The summed E-state index contributed by atoms with van der Waals surface area (Å²) in [5, 5.41) is 14.5. The molecule has 0 radical (unpaired) electrons. The average molecular weight is 429 g/mol. The minimum atomic E-state index is -0.381. The van der Waals surface area contributed by atoms with Gasteiger partial charge in [-0.15, -0.1) is 10.2 Å². The molecule has 0 saturated heterocycles. The summed E-state index contributed by atoms with van der Waals surface area (Å²) in [6.45, 7) is 3.29. The molecule has 0 bridgehead atoms. The number of amides is 1. The van der Waals surface area contributed by atoms with Crippen LogP contribution in [0.1, 0.15) is 24.2 Å². The average Bonchev–Trinajstić information content (AvgIpc) is 3.14. The number of hydrogen-bond donors (Lipinski definition) is 2. The van der Waals surface area contributed by atoms with Gasteiger partial charge in [-0.05, 0) is 38.1 Å². The second-order valence-electron chi connectivity index (χ2n) is 6.12. The van der Waals surface area contributed by atoms with Gasteiger partial charge in [-0.3, -0.25) is 9.59 Å². The van der Waals surface area contributed by atoms with E-state index in [0.717, 1.165) is 11.4 Å². The van der Waals surface area contributed by atoms with Crippen molar-refractivity contribution in [2.24, 2.45) is 0 Å². The number of hydrogen-bond acceptors (Lipinski definition) is 8. The van der Waals surface area contributed by atoms with Crippen LogP contribution in [0, 0.1) is 0 Å². The number of anilines is 3. The highest BCUT2D eigenvalue weighted by atomic mass is 32.2. The number of benzene rings is 2. The summed E-state index contributed by atoms with van der Waals surface area (Å²) in [6.07, 6.45) is 0. The molecule has 7 nitrogen and oxygen atoms in total. The van der Waals surface area contributed by atoms with Crippen molar-refractivity contribution in [2.45, 2.75) is 23.4 Å². The molecule has 3 rings (SSSR count). The third-order valence-electron chi connectivity index (χ3n) is 3.91. The van der Waals surface area contributed by atoms with Crippen molar-refractivity contribution in [3.8, 4) is 5.75 Å². The van der Waals surface area contributed by atoms with E-state index in [9.17, 15) is 9.59 Å². The SMILES string of the molecule is COc1cccc(Nc2nnc(S[C@@H](C)C(=O)Nc3cccc(C(C)=O)c3)s2)c1. The predicted molar refractivity (Wildman–Crippen MR) is 117 cm³/mol. The molecule has 29 heavy (non-hydrogen) atoms. The van der Waals surface area contributed by atoms with E-state index >= 15 is 0 Å². The summed E-state index contributed by atoms with van der Waals surface area (Å²) in [5.41, 5.74) is 1.99. The fourth-order valence-corrected chi connectivity index (χ4v) is 4.31. The van der Waals surface area contributed by atoms with Crippen molar-refractivity contribution >= 4 is 51.3 Å². The summed E-state index contributed by atoms with van der Waals surface area (Å²) < 4.78 is 5.88. The zero-order valence-electron chi connectivity index (χ0n) is 16.1. The quantitative estimate of drug-likeness (QED) is 0.400. The third-order valence-corrected chi connectivity index (χ3v) is 5.93. The number of ketones is 1. The number of methoxy groups -OCH3 is 1. The van der Waals surface area contributed by atoms with E-state index in [1.165, 1.54) is 30.0 Å². The zero-order chi connectivity index (χ0) is 20.8. The second-order valence-corrected chi connectivity index (χ2v) is 8.68. The molecule has 0 spiro atoms. The first-order chi connectivity index (χ1) is 13.9. The fraction of sp³-hybridized carbons (Fsp3) is 0.200. The number of nitrogens with zero attached hydrogens (tertiary/aromatic N) is 2. The number of carbonyl (C=O) groups is 2. The molecular weight excluding hydrogens is 408 g/mol. The first-order valence-corrected chi connectivity index (χ1v) is 10.5. The van der Waals surface area contributed by atoms with E-state index in [4.69, 9.17) is 4.74 Å². The highest BCUT2D eigenvalue weighted by Crippen LogP contribution is 2.31. The Morgan fingerprint density at radius 1 is 1.10 bits per heavy atom. The Morgan fingerprint density at radius 2 is 1.86 bits per heavy atom. The molecule has 0 aliphatic carbocycles. The number of nitrogens with one attached hydrogen (secondary N) is 2. The summed E-state index contributed by atoms with van der Waals surface area (Å²) in [4.78, 5) is 24.0. The van der Waals surface area contributed by atoms with Crippen molar-refractivity contribution in [3.05, 3.63) is 54.1 Å². The van der Waals surface area contributed by atoms with Gasteiger partial charge in [0.15, 0.2) is 10.1 Å². The van der Waals surface area contributed by atoms with E-state index in [0.29, 0.717) is 20.7 Å². The van der Waals surface area contributed by atoms with Crippen molar-refractivity contribution in [2.75, 3.05) is 17.7 Å². The van der Waals surface area contributed by atoms with Gasteiger partial charge in [0.05, 0.1) is 12.4 Å². The van der Waals surface area contributed by atoms with Crippen LogP contribution < -0.4 is 15.4 Å². The Kier molecular flexibility index (Phi) is 6.84. The molecule has 1 heterocycles. The maximum Gasteiger partial charge on any atom is 0.237 e. The molecule has 1 atom stereocenters. The normalized spacial score (nSPS) is 11.6. The molecule has 1 amide bonds. The van der Waals surface area contributed by atoms with Crippen LogP contribution in [0.3, 0.4) is 0 Å². The van der Waals surface area contributed by atoms with Crippen molar-refractivity contribution in [1.29, 1.82) is 0 Å².